The topological polar surface area (TPSA) is 70.5 Å². The Kier molecular flexibility index (Phi) is 5.13. The minimum absolute atomic E-state index is 0.367. The summed E-state index contributed by atoms with van der Waals surface area (Å²) in [7, 11) is 0. The highest BCUT2D eigenvalue weighted by Gasteiger charge is 2.11. The smallest absolute Gasteiger partial charge is 0.149 e. The molecule has 0 radical (unpaired) electrons. The average molecular weight is 396 g/mol. The number of ether oxygens (including phenoxy) is 2. The second kappa shape index (κ2) is 7.31. The zero-order valence-corrected chi connectivity index (χ0v) is 15.1. The van der Waals surface area contributed by atoms with Gasteiger partial charge in [-0.15, -0.1) is 0 Å². The summed E-state index contributed by atoms with van der Waals surface area (Å²) < 4.78 is 11.5. The number of halogens is 3. The van der Waals surface area contributed by atoms with Gasteiger partial charge in [-0.05, 0) is 36.4 Å². The van der Waals surface area contributed by atoms with Crippen molar-refractivity contribution in [1.29, 1.82) is 0 Å². The van der Waals surface area contributed by atoms with Gasteiger partial charge < -0.3 is 20.9 Å². The minimum atomic E-state index is 0.367. The van der Waals surface area contributed by atoms with E-state index in [0.29, 0.717) is 49.4 Å². The van der Waals surface area contributed by atoms with Crippen molar-refractivity contribution < 1.29 is 9.47 Å². The molecule has 0 fully saturated rings. The molecule has 0 aliphatic heterocycles. The maximum Gasteiger partial charge on any atom is 0.149 e. The highest BCUT2D eigenvalue weighted by molar-refractivity contribution is 6.33. The summed E-state index contributed by atoms with van der Waals surface area (Å²) in [5, 5.41) is 1.24. The summed E-state index contributed by atoms with van der Waals surface area (Å²) in [5.41, 5.74) is 12.6. The van der Waals surface area contributed by atoms with Crippen LogP contribution < -0.4 is 20.9 Å². The molecule has 0 saturated carbocycles. The molecular formula is C18H13Cl3N2O2. The highest BCUT2D eigenvalue weighted by atomic mass is 35.5. The second-order valence-electron chi connectivity index (χ2n) is 5.18. The van der Waals surface area contributed by atoms with E-state index in [9.17, 15) is 0 Å². The Hall–Kier alpha value is -2.27. The normalized spacial score (nSPS) is 10.5. The lowest BCUT2D eigenvalue weighted by molar-refractivity contribution is 0.461. The summed E-state index contributed by atoms with van der Waals surface area (Å²) in [4.78, 5) is 0. The molecule has 0 bridgehead atoms. The molecule has 0 saturated heterocycles. The molecule has 128 valence electrons. The molecule has 0 aliphatic rings. The number of rotatable bonds is 4. The maximum atomic E-state index is 6.20. The summed E-state index contributed by atoms with van der Waals surface area (Å²) in [6.07, 6.45) is 0. The molecular weight excluding hydrogens is 383 g/mol. The van der Waals surface area contributed by atoms with Gasteiger partial charge in [0.15, 0.2) is 0 Å². The Labute approximate surface area is 159 Å². The highest BCUT2D eigenvalue weighted by Crippen LogP contribution is 2.38. The van der Waals surface area contributed by atoms with Crippen LogP contribution in [0.4, 0.5) is 11.4 Å². The fourth-order valence-corrected chi connectivity index (χ4v) is 2.54. The van der Waals surface area contributed by atoms with E-state index in [1.54, 1.807) is 54.6 Å². The third-order valence-electron chi connectivity index (χ3n) is 3.26. The van der Waals surface area contributed by atoms with Crippen LogP contribution in [0, 0.1) is 0 Å². The molecule has 0 atom stereocenters. The molecule has 0 aliphatic carbocycles. The molecule has 25 heavy (non-hydrogen) atoms. The lowest BCUT2D eigenvalue weighted by atomic mass is 10.3. The van der Waals surface area contributed by atoms with Crippen molar-refractivity contribution in [2.24, 2.45) is 0 Å². The number of nitrogen functional groups attached to an aromatic ring is 2. The van der Waals surface area contributed by atoms with Gasteiger partial charge in [0, 0.05) is 29.6 Å². The van der Waals surface area contributed by atoms with Gasteiger partial charge in [-0.2, -0.15) is 0 Å². The molecule has 3 aromatic rings. The van der Waals surface area contributed by atoms with Gasteiger partial charge in [-0.1, -0.05) is 34.8 Å². The van der Waals surface area contributed by atoms with E-state index in [4.69, 9.17) is 55.7 Å². The van der Waals surface area contributed by atoms with Crippen LogP contribution in [0.5, 0.6) is 23.0 Å². The van der Waals surface area contributed by atoms with E-state index >= 15 is 0 Å². The molecule has 7 heteroatoms. The standard InChI is InChI=1S/C18H13Cl3N2O2/c19-13-4-1-10(22)7-16(13)24-12-3-6-15(21)18(9-12)25-17-8-11(23)2-5-14(17)20/h1-9H,22-23H2. The third-order valence-corrected chi connectivity index (χ3v) is 4.20. The van der Waals surface area contributed by atoms with Crippen molar-refractivity contribution in [2.45, 2.75) is 0 Å². The first-order chi connectivity index (χ1) is 11.9. The average Bonchev–Trinajstić information content (AvgIpc) is 2.57. The number of hydrogen-bond donors (Lipinski definition) is 2. The fraction of sp³-hybridized carbons (Fsp3) is 0. The largest absolute Gasteiger partial charge is 0.456 e. The quantitative estimate of drug-likeness (QED) is 0.502. The van der Waals surface area contributed by atoms with E-state index in [-0.39, 0.29) is 0 Å². The zero-order valence-electron chi connectivity index (χ0n) is 12.8. The van der Waals surface area contributed by atoms with E-state index in [1.807, 2.05) is 0 Å². The molecule has 0 aromatic heterocycles. The van der Waals surface area contributed by atoms with E-state index < -0.39 is 0 Å². The minimum Gasteiger partial charge on any atom is -0.456 e. The molecule has 0 amide bonds. The number of hydrogen-bond acceptors (Lipinski definition) is 4. The van der Waals surface area contributed by atoms with Crippen molar-refractivity contribution in [2.75, 3.05) is 11.5 Å². The van der Waals surface area contributed by atoms with Crippen LogP contribution in [-0.4, -0.2) is 0 Å². The Morgan fingerprint density at radius 1 is 0.560 bits per heavy atom. The SMILES string of the molecule is Nc1ccc(Cl)c(Oc2ccc(Cl)c(Oc3cc(N)ccc3Cl)c2)c1. The molecule has 3 rings (SSSR count). The van der Waals surface area contributed by atoms with Gasteiger partial charge in [-0.25, -0.2) is 0 Å². The van der Waals surface area contributed by atoms with Crippen molar-refractivity contribution in [3.63, 3.8) is 0 Å². The second-order valence-corrected chi connectivity index (χ2v) is 6.40. The van der Waals surface area contributed by atoms with E-state index in [1.165, 1.54) is 0 Å². The Morgan fingerprint density at radius 2 is 1.00 bits per heavy atom. The molecule has 3 aromatic carbocycles. The van der Waals surface area contributed by atoms with E-state index in [2.05, 4.69) is 0 Å². The van der Waals surface area contributed by atoms with Crippen LogP contribution in [0.1, 0.15) is 0 Å². The Morgan fingerprint density at radius 3 is 1.56 bits per heavy atom. The van der Waals surface area contributed by atoms with Crippen LogP contribution in [0.2, 0.25) is 15.1 Å². The Balaban J connectivity index is 1.90. The molecule has 4 nitrogen and oxygen atoms in total. The van der Waals surface area contributed by atoms with Crippen molar-refractivity contribution >= 4 is 46.2 Å². The maximum absolute atomic E-state index is 6.20. The fourth-order valence-electron chi connectivity index (χ4n) is 2.07. The summed E-state index contributed by atoms with van der Waals surface area (Å²) in [6, 6.07) is 14.9. The van der Waals surface area contributed by atoms with Crippen LogP contribution in [0.25, 0.3) is 0 Å². The summed E-state index contributed by atoms with van der Waals surface area (Å²) in [5.74, 6) is 1.67. The lowest BCUT2D eigenvalue weighted by Gasteiger charge is -2.13. The van der Waals surface area contributed by atoms with Crippen LogP contribution in [-0.2, 0) is 0 Å². The van der Waals surface area contributed by atoms with Gasteiger partial charge in [0.25, 0.3) is 0 Å². The van der Waals surface area contributed by atoms with Gasteiger partial charge in [-0.3, -0.25) is 0 Å². The number of benzene rings is 3. The van der Waals surface area contributed by atoms with Crippen molar-refractivity contribution in [3.8, 4) is 23.0 Å². The zero-order chi connectivity index (χ0) is 18.0. The van der Waals surface area contributed by atoms with Crippen molar-refractivity contribution in [3.05, 3.63) is 69.7 Å². The van der Waals surface area contributed by atoms with Crippen LogP contribution in [0.15, 0.2) is 54.6 Å². The Bertz CT molecular complexity index is 932. The first-order valence-corrected chi connectivity index (χ1v) is 8.31. The van der Waals surface area contributed by atoms with Gasteiger partial charge in [0.2, 0.25) is 0 Å². The van der Waals surface area contributed by atoms with Crippen LogP contribution in [0.3, 0.4) is 0 Å². The monoisotopic (exact) mass is 394 g/mol. The third kappa shape index (κ3) is 4.23. The molecule has 0 spiro atoms. The first kappa shape index (κ1) is 17.5. The molecule has 0 unspecified atom stereocenters. The molecule has 4 N–H and O–H groups in total. The number of anilines is 2. The van der Waals surface area contributed by atoms with Crippen molar-refractivity contribution in [1.82, 2.24) is 0 Å². The van der Waals surface area contributed by atoms with Gasteiger partial charge >= 0.3 is 0 Å². The van der Waals surface area contributed by atoms with Crippen LogP contribution >= 0.6 is 34.8 Å². The molecule has 0 heterocycles. The van der Waals surface area contributed by atoms with Gasteiger partial charge in [0.1, 0.15) is 23.0 Å². The van der Waals surface area contributed by atoms with E-state index in [0.717, 1.165) is 0 Å². The summed E-state index contributed by atoms with van der Waals surface area (Å²) >= 11 is 18.4. The lowest BCUT2D eigenvalue weighted by Crippen LogP contribution is -1.92. The predicted molar refractivity (Wildman–Crippen MR) is 103 cm³/mol. The first-order valence-electron chi connectivity index (χ1n) is 7.17. The summed E-state index contributed by atoms with van der Waals surface area (Å²) in [6.45, 7) is 0. The predicted octanol–water partition coefficient (Wildman–Crippen LogP) is 6.40. The number of nitrogens with two attached hydrogens (primary N) is 2. The van der Waals surface area contributed by atoms with Gasteiger partial charge in [0.05, 0.1) is 15.1 Å².